The van der Waals surface area contributed by atoms with E-state index < -0.39 is 0 Å². The Kier molecular flexibility index (Phi) is 3.06. The van der Waals surface area contributed by atoms with E-state index in [1.54, 1.807) is 18.2 Å². The number of phenolic OH excluding ortho intramolecular Hbond substituents is 1. The number of ether oxygens (including phenoxy) is 1. The molecule has 0 aromatic heterocycles. The van der Waals surface area contributed by atoms with Crippen molar-refractivity contribution in [3.63, 3.8) is 0 Å². The van der Waals surface area contributed by atoms with E-state index in [1.807, 2.05) is 0 Å². The Labute approximate surface area is 102 Å². The van der Waals surface area contributed by atoms with Crippen molar-refractivity contribution in [1.29, 1.82) is 5.41 Å². The minimum Gasteiger partial charge on any atom is -0.504 e. The van der Waals surface area contributed by atoms with Crippen LogP contribution in [0.4, 0.5) is 4.79 Å². The minimum absolute atomic E-state index is 0.0537. The molecule has 1 aliphatic rings. The molecule has 0 aliphatic carbocycles. The molecule has 2 rings (SSSR count). The largest absolute Gasteiger partial charge is 0.504 e. The minimum atomic E-state index is -0.257. The average molecular weight is 250 g/mol. The van der Waals surface area contributed by atoms with Gasteiger partial charge in [0.05, 0.1) is 12.0 Å². The van der Waals surface area contributed by atoms with E-state index in [0.29, 0.717) is 10.7 Å². The SMILES string of the molecule is COc1cc(C=C2SC(=O)NC2=N)ccc1O. The van der Waals surface area contributed by atoms with Crippen molar-refractivity contribution in [2.75, 3.05) is 7.11 Å². The van der Waals surface area contributed by atoms with Crippen LogP contribution in [-0.2, 0) is 0 Å². The van der Waals surface area contributed by atoms with Gasteiger partial charge >= 0.3 is 0 Å². The first-order valence-corrected chi connectivity index (χ1v) is 5.58. The predicted octanol–water partition coefficient (Wildman–Crippen LogP) is 2.18. The van der Waals surface area contributed by atoms with Gasteiger partial charge in [-0.3, -0.25) is 10.2 Å². The van der Waals surface area contributed by atoms with E-state index in [4.69, 9.17) is 10.1 Å². The van der Waals surface area contributed by atoms with Crippen molar-refractivity contribution < 1.29 is 14.6 Å². The third-order valence-corrected chi connectivity index (χ3v) is 3.01. The maximum Gasteiger partial charge on any atom is 0.289 e. The maximum absolute atomic E-state index is 11.0. The van der Waals surface area contributed by atoms with Crippen LogP contribution < -0.4 is 10.1 Å². The fourth-order valence-corrected chi connectivity index (χ4v) is 2.08. The number of carbonyl (C=O) groups is 1. The Bertz CT molecular complexity index is 525. The molecule has 1 saturated heterocycles. The second-order valence-corrected chi connectivity index (χ2v) is 4.34. The van der Waals surface area contributed by atoms with Gasteiger partial charge in [-0.1, -0.05) is 6.07 Å². The summed E-state index contributed by atoms with van der Waals surface area (Å²) in [6, 6.07) is 4.82. The van der Waals surface area contributed by atoms with E-state index in [-0.39, 0.29) is 16.8 Å². The number of rotatable bonds is 2. The fraction of sp³-hybridized carbons (Fsp3) is 0.0909. The monoisotopic (exact) mass is 250 g/mol. The van der Waals surface area contributed by atoms with Crippen molar-refractivity contribution in [3.05, 3.63) is 28.7 Å². The molecular formula is C11H10N2O3S. The molecule has 0 unspecified atom stereocenters. The summed E-state index contributed by atoms with van der Waals surface area (Å²) in [6.07, 6.45) is 1.69. The number of benzene rings is 1. The van der Waals surface area contributed by atoms with Crippen LogP contribution in [-0.4, -0.2) is 23.3 Å². The van der Waals surface area contributed by atoms with E-state index in [1.165, 1.54) is 13.2 Å². The number of amides is 1. The summed E-state index contributed by atoms with van der Waals surface area (Å²) >= 11 is 0.969. The zero-order valence-electron chi connectivity index (χ0n) is 8.98. The summed E-state index contributed by atoms with van der Waals surface area (Å²) in [6.45, 7) is 0. The summed E-state index contributed by atoms with van der Waals surface area (Å²) in [4.78, 5) is 11.6. The number of amidine groups is 1. The first-order valence-electron chi connectivity index (χ1n) is 4.76. The van der Waals surface area contributed by atoms with Crippen LogP contribution in [0.25, 0.3) is 6.08 Å². The van der Waals surface area contributed by atoms with Gasteiger partial charge in [0.25, 0.3) is 5.24 Å². The van der Waals surface area contributed by atoms with Gasteiger partial charge in [0.15, 0.2) is 11.5 Å². The van der Waals surface area contributed by atoms with Crippen LogP contribution in [0.1, 0.15) is 5.56 Å². The standard InChI is InChI=1S/C11H10N2O3S/c1-16-8-4-6(2-3-7(8)14)5-9-10(12)13-11(15)17-9/h2-5,14H,1H3,(H2,12,13,15). The number of nitrogens with one attached hydrogen (secondary N) is 2. The Morgan fingerprint density at radius 2 is 2.29 bits per heavy atom. The van der Waals surface area contributed by atoms with Crippen molar-refractivity contribution in [2.24, 2.45) is 0 Å². The van der Waals surface area contributed by atoms with Gasteiger partial charge in [-0.15, -0.1) is 0 Å². The maximum atomic E-state index is 11.0. The molecule has 88 valence electrons. The summed E-state index contributed by atoms with van der Waals surface area (Å²) < 4.78 is 4.98. The van der Waals surface area contributed by atoms with Gasteiger partial charge in [-0.2, -0.15) is 0 Å². The van der Waals surface area contributed by atoms with Gasteiger partial charge in [-0.25, -0.2) is 0 Å². The Balaban J connectivity index is 2.33. The molecule has 1 fully saturated rings. The van der Waals surface area contributed by atoms with Crippen LogP contribution in [0.5, 0.6) is 11.5 Å². The smallest absolute Gasteiger partial charge is 0.289 e. The summed E-state index contributed by atoms with van der Waals surface area (Å²) in [5.74, 6) is 0.498. The topological polar surface area (TPSA) is 82.4 Å². The fourth-order valence-electron chi connectivity index (χ4n) is 1.38. The van der Waals surface area contributed by atoms with Gasteiger partial charge in [0, 0.05) is 0 Å². The van der Waals surface area contributed by atoms with Crippen LogP contribution in [0.15, 0.2) is 23.1 Å². The Morgan fingerprint density at radius 1 is 1.53 bits per heavy atom. The molecule has 5 nitrogen and oxygen atoms in total. The van der Waals surface area contributed by atoms with Crippen molar-refractivity contribution in [3.8, 4) is 11.5 Å². The molecular weight excluding hydrogens is 240 g/mol. The average Bonchev–Trinajstić information content (AvgIpc) is 2.60. The van der Waals surface area contributed by atoms with Crippen molar-refractivity contribution in [2.45, 2.75) is 0 Å². The number of phenols is 1. The molecule has 0 saturated carbocycles. The van der Waals surface area contributed by atoms with Crippen LogP contribution >= 0.6 is 11.8 Å². The molecule has 1 heterocycles. The number of methoxy groups -OCH3 is 1. The summed E-state index contributed by atoms with van der Waals surface area (Å²) in [5.41, 5.74) is 0.753. The molecule has 1 aromatic carbocycles. The lowest BCUT2D eigenvalue weighted by Crippen LogP contribution is -2.17. The molecule has 1 amide bonds. The van der Waals surface area contributed by atoms with E-state index >= 15 is 0 Å². The van der Waals surface area contributed by atoms with Gasteiger partial charge in [0.2, 0.25) is 0 Å². The molecule has 1 aromatic rings. The van der Waals surface area contributed by atoms with Gasteiger partial charge < -0.3 is 15.2 Å². The third kappa shape index (κ3) is 2.42. The zero-order valence-corrected chi connectivity index (χ0v) is 9.80. The lowest BCUT2D eigenvalue weighted by atomic mass is 10.2. The quantitative estimate of drug-likeness (QED) is 0.751. The second-order valence-electron chi connectivity index (χ2n) is 3.33. The lowest BCUT2D eigenvalue weighted by Gasteiger charge is -2.04. The number of hydrogen-bond acceptors (Lipinski definition) is 5. The molecule has 1 aliphatic heterocycles. The van der Waals surface area contributed by atoms with Crippen LogP contribution in [0.3, 0.4) is 0 Å². The first-order chi connectivity index (χ1) is 8.10. The first kappa shape index (κ1) is 11.5. The Hall–Kier alpha value is -1.95. The third-order valence-electron chi connectivity index (χ3n) is 2.18. The molecule has 6 heteroatoms. The normalized spacial score (nSPS) is 17.4. The molecule has 17 heavy (non-hydrogen) atoms. The van der Waals surface area contributed by atoms with Crippen molar-refractivity contribution in [1.82, 2.24) is 5.32 Å². The van der Waals surface area contributed by atoms with Crippen molar-refractivity contribution >= 4 is 28.9 Å². The number of thioether (sulfide) groups is 1. The highest BCUT2D eigenvalue weighted by Gasteiger charge is 2.21. The van der Waals surface area contributed by atoms with Gasteiger partial charge in [-0.05, 0) is 35.5 Å². The molecule has 0 radical (unpaired) electrons. The number of hydrogen-bond donors (Lipinski definition) is 3. The predicted molar refractivity (Wildman–Crippen MR) is 66.5 cm³/mol. The highest BCUT2D eigenvalue weighted by molar-refractivity contribution is 8.18. The highest BCUT2D eigenvalue weighted by Crippen LogP contribution is 2.30. The van der Waals surface area contributed by atoms with E-state index in [9.17, 15) is 9.90 Å². The highest BCUT2D eigenvalue weighted by atomic mass is 32.2. The summed E-state index contributed by atoms with van der Waals surface area (Å²) in [7, 11) is 1.46. The van der Waals surface area contributed by atoms with E-state index in [0.717, 1.165) is 17.3 Å². The Morgan fingerprint density at radius 3 is 2.88 bits per heavy atom. The van der Waals surface area contributed by atoms with Crippen LogP contribution in [0, 0.1) is 5.41 Å². The number of aromatic hydroxyl groups is 1. The van der Waals surface area contributed by atoms with Gasteiger partial charge in [0.1, 0.15) is 5.84 Å². The molecule has 0 spiro atoms. The summed E-state index contributed by atoms with van der Waals surface area (Å²) in [5, 5.41) is 19.1. The molecule has 0 atom stereocenters. The lowest BCUT2D eigenvalue weighted by molar-refractivity contribution is 0.265. The second kappa shape index (κ2) is 4.50. The number of carbonyl (C=O) groups excluding carboxylic acids is 1. The van der Waals surface area contributed by atoms with E-state index in [2.05, 4.69) is 5.32 Å². The molecule has 3 N–H and O–H groups in total. The molecule has 0 bridgehead atoms. The van der Waals surface area contributed by atoms with Crippen LogP contribution in [0.2, 0.25) is 0 Å². The zero-order chi connectivity index (χ0) is 12.4.